The lowest BCUT2D eigenvalue weighted by atomic mass is 9.80. The Kier molecular flexibility index (Phi) is 11.0. The van der Waals surface area contributed by atoms with Gasteiger partial charge in [0.2, 0.25) is 0 Å². The number of hydrogen-bond donors (Lipinski definition) is 0. The largest absolute Gasteiger partial charge is 0.416 e. The Morgan fingerprint density at radius 3 is 2.02 bits per heavy atom. The lowest BCUT2D eigenvalue weighted by Crippen LogP contribution is -2.37. The van der Waals surface area contributed by atoms with Crippen molar-refractivity contribution in [2.24, 2.45) is 18.9 Å². The average molecular weight is 797 g/mol. The van der Waals surface area contributed by atoms with Crippen molar-refractivity contribution in [2.75, 3.05) is 22.9 Å². The van der Waals surface area contributed by atoms with Gasteiger partial charge in [-0.1, -0.05) is 41.5 Å². The number of hydrogen-bond acceptors (Lipinski definition) is 7. The number of fused-ring (bicyclic) bond motifs is 1. The first-order valence-corrected chi connectivity index (χ1v) is 18.5. The van der Waals surface area contributed by atoms with Crippen LogP contribution in [0.3, 0.4) is 0 Å². The van der Waals surface area contributed by atoms with Crippen LogP contribution in [0.5, 0.6) is 0 Å². The van der Waals surface area contributed by atoms with Crippen LogP contribution in [0.2, 0.25) is 0 Å². The molecule has 0 bridgehead atoms. The number of nitrogens with zero attached hydrogens (tertiary/aromatic N) is 6. The highest BCUT2D eigenvalue weighted by Gasteiger charge is 2.40. The number of tetrazole rings is 1. The van der Waals surface area contributed by atoms with Crippen LogP contribution in [0.1, 0.15) is 96.2 Å². The van der Waals surface area contributed by atoms with Gasteiger partial charge in [0.15, 0.2) is 12.6 Å². The average Bonchev–Trinajstić information content (AvgIpc) is 3.47. The molecule has 1 aromatic heterocycles. The van der Waals surface area contributed by atoms with E-state index in [1.54, 1.807) is 0 Å². The first kappa shape index (κ1) is 39.8. The SMILES string of the molecule is Cc1cc2c(cc1C(F)(F)F)N(CC1CCC(CC3OC(c4ccccc4)O3)CC1)CCCC2N(Cc1cc(C(F)(F)F)cc(C(F)(F)F)c1)c1nnn(C)n1. The van der Waals surface area contributed by atoms with E-state index in [0.717, 1.165) is 48.5 Å². The second-order valence-corrected chi connectivity index (χ2v) is 15.0. The van der Waals surface area contributed by atoms with Crippen LogP contribution in [0.4, 0.5) is 51.1 Å². The third-order valence-corrected chi connectivity index (χ3v) is 11.0. The van der Waals surface area contributed by atoms with Crippen LogP contribution in [0, 0.1) is 18.8 Å². The molecule has 3 heterocycles. The van der Waals surface area contributed by atoms with Crippen LogP contribution in [-0.4, -0.2) is 39.6 Å². The van der Waals surface area contributed by atoms with Crippen LogP contribution in [-0.2, 0) is 41.6 Å². The van der Waals surface area contributed by atoms with E-state index in [9.17, 15) is 39.5 Å². The molecular weight excluding hydrogens is 755 g/mol. The van der Waals surface area contributed by atoms with Crippen molar-refractivity contribution < 1.29 is 49.0 Å². The number of aryl methyl sites for hydroxylation is 2. The van der Waals surface area contributed by atoms with Gasteiger partial charge in [-0.15, -0.1) is 5.10 Å². The van der Waals surface area contributed by atoms with Gasteiger partial charge in [-0.3, -0.25) is 0 Å². The Labute approximate surface area is 317 Å². The molecule has 56 heavy (non-hydrogen) atoms. The van der Waals surface area contributed by atoms with Crippen molar-refractivity contribution in [1.29, 1.82) is 0 Å². The molecule has 0 radical (unpaired) electrons. The number of anilines is 2. The molecule has 1 aliphatic carbocycles. The van der Waals surface area contributed by atoms with Crippen molar-refractivity contribution in [1.82, 2.24) is 20.2 Å². The molecule has 3 aliphatic rings. The first-order valence-electron chi connectivity index (χ1n) is 18.5. The monoisotopic (exact) mass is 796 g/mol. The van der Waals surface area contributed by atoms with E-state index in [2.05, 4.69) is 15.4 Å². The highest BCUT2D eigenvalue weighted by Crippen LogP contribution is 2.46. The molecule has 0 N–H and O–H groups in total. The van der Waals surface area contributed by atoms with Crippen LogP contribution in [0.15, 0.2) is 60.7 Å². The van der Waals surface area contributed by atoms with E-state index >= 15 is 0 Å². The molecule has 1 saturated carbocycles. The lowest BCUT2D eigenvalue weighted by Gasteiger charge is -2.40. The maximum Gasteiger partial charge on any atom is 0.416 e. The van der Waals surface area contributed by atoms with E-state index in [1.807, 2.05) is 35.2 Å². The lowest BCUT2D eigenvalue weighted by molar-refractivity contribution is -0.394. The minimum atomic E-state index is -5.07. The molecule has 7 rings (SSSR count). The Hall–Kier alpha value is -4.38. The van der Waals surface area contributed by atoms with Crippen molar-refractivity contribution >= 4 is 11.6 Å². The Balaban J connectivity index is 1.15. The third-order valence-electron chi connectivity index (χ3n) is 11.0. The van der Waals surface area contributed by atoms with Gasteiger partial charge in [0, 0.05) is 37.3 Å². The minimum absolute atomic E-state index is 0.0545. The number of benzene rings is 3. The van der Waals surface area contributed by atoms with Gasteiger partial charge in [0.25, 0.3) is 5.95 Å². The highest BCUT2D eigenvalue weighted by molar-refractivity contribution is 5.62. The van der Waals surface area contributed by atoms with Gasteiger partial charge in [-0.05, 0) is 103 Å². The summed E-state index contributed by atoms with van der Waals surface area (Å²) in [6.07, 6.45) is -10.5. The minimum Gasteiger partial charge on any atom is -0.371 e. The Bertz CT molecular complexity index is 1940. The quantitative estimate of drug-likeness (QED) is 0.156. The molecule has 302 valence electrons. The van der Waals surface area contributed by atoms with Gasteiger partial charge in [0.05, 0.1) is 29.8 Å². The molecule has 0 spiro atoms. The van der Waals surface area contributed by atoms with E-state index in [0.29, 0.717) is 55.2 Å². The molecule has 3 aromatic carbocycles. The highest BCUT2D eigenvalue weighted by atomic mass is 19.4. The van der Waals surface area contributed by atoms with Gasteiger partial charge >= 0.3 is 18.5 Å². The molecule has 4 aromatic rings. The van der Waals surface area contributed by atoms with E-state index < -0.39 is 47.8 Å². The second kappa shape index (κ2) is 15.5. The number of halogens is 9. The predicted octanol–water partition coefficient (Wildman–Crippen LogP) is 10.2. The smallest absolute Gasteiger partial charge is 0.371 e. The standard InChI is InChI=1S/C39H41F9N6O2/c1-23-15-30-32(54(36-49-51-52(2)50-36)22-26-16-28(37(40,41)42)19-29(17-26)38(43,44)45)9-6-14-53(33(30)20-31(23)39(46,47)48)21-25-12-10-24(11-13-25)18-34-55-35(56-34)27-7-4-3-5-8-27/h3-5,7-8,15-17,19-20,24-25,32,34-35H,6,9-14,18,21-22H2,1-2H3. The van der Waals surface area contributed by atoms with Crippen LogP contribution < -0.4 is 9.80 Å². The molecule has 8 nitrogen and oxygen atoms in total. The van der Waals surface area contributed by atoms with E-state index in [4.69, 9.17) is 9.47 Å². The zero-order valence-electron chi connectivity index (χ0n) is 30.6. The topological polar surface area (TPSA) is 68.5 Å². The summed E-state index contributed by atoms with van der Waals surface area (Å²) in [6.45, 7) is 1.69. The Morgan fingerprint density at radius 2 is 1.43 bits per heavy atom. The summed E-state index contributed by atoms with van der Waals surface area (Å²) in [5.41, 5.74) is -2.46. The van der Waals surface area contributed by atoms with Gasteiger partial charge < -0.3 is 19.3 Å². The summed E-state index contributed by atoms with van der Waals surface area (Å²) >= 11 is 0. The fraction of sp³-hybridized carbons (Fsp3) is 0.513. The summed E-state index contributed by atoms with van der Waals surface area (Å²) < 4.78 is 138. The zero-order valence-corrected chi connectivity index (χ0v) is 30.6. The first-order chi connectivity index (χ1) is 26.4. The molecule has 0 amide bonds. The summed E-state index contributed by atoms with van der Waals surface area (Å²) in [7, 11) is 1.45. The molecule has 1 atom stereocenters. The van der Waals surface area contributed by atoms with E-state index in [-0.39, 0.29) is 41.6 Å². The fourth-order valence-electron chi connectivity index (χ4n) is 8.24. The zero-order chi connectivity index (χ0) is 40.0. The molecule has 1 saturated heterocycles. The maximum atomic E-state index is 14.4. The fourth-order valence-corrected chi connectivity index (χ4v) is 8.24. The molecular formula is C39H41F9N6O2. The van der Waals surface area contributed by atoms with Gasteiger partial charge in [-0.2, -0.15) is 44.3 Å². The van der Waals surface area contributed by atoms with Gasteiger partial charge in [0.1, 0.15) is 0 Å². The molecule has 2 aliphatic heterocycles. The van der Waals surface area contributed by atoms with Crippen molar-refractivity contribution in [3.05, 3.63) is 99.6 Å². The predicted molar refractivity (Wildman–Crippen MR) is 187 cm³/mol. The second-order valence-electron chi connectivity index (χ2n) is 15.0. The molecule has 1 unspecified atom stereocenters. The van der Waals surface area contributed by atoms with Gasteiger partial charge in [-0.25, -0.2) is 0 Å². The summed E-state index contributed by atoms with van der Waals surface area (Å²) in [5.74, 6) is 0.457. The van der Waals surface area contributed by atoms with Crippen molar-refractivity contribution in [3.63, 3.8) is 0 Å². The number of rotatable bonds is 9. The Morgan fingerprint density at radius 1 is 0.786 bits per heavy atom. The third kappa shape index (κ3) is 8.93. The normalized spacial score (nSPS) is 23.3. The number of alkyl halides is 9. The van der Waals surface area contributed by atoms with E-state index in [1.165, 1.54) is 24.9 Å². The van der Waals surface area contributed by atoms with Crippen LogP contribution >= 0.6 is 0 Å². The van der Waals surface area contributed by atoms with Crippen molar-refractivity contribution in [2.45, 2.75) is 95.6 Å². The van der Waals surface area contributed by atoms with Crippen molar-refractivity contribution in [3.8, 4) is 0 Å². The number of ether oxygens (including phenoxy) is 2. The molecule has 2 fully saturated rings. The number of aromatic nitrogens is 4. The summed E-state index contributed by atoms with van der Waals surface area (Å²) in [4.78, 5) is 4.49. The summed E-state index contributed by atoms with van der Waals surface area (Å²) in [5, 5.41) is 12.1. The summed E-state index contributed by atoms with van der Waals surface area (Å²) in [6, 6.07) is 12.7. The molecule has 17 heteroatoms. The maximum absolute atomic E-state index is 14.4. The van der Waals surface area contributed by atoms with Crippen LogP contribution in [0.25, 0.3) is 0 Å².